The molecule has 3 rings (SSSR count). The minimum atomic E-state index is -1.00. The zero-order valence-corrected chi connectivity index (χ0v) is 19.8. The first-order valence-electron chi connectivity index (χ1n) is 9.70. The predicted octanol–water partition coefficient (Wildman–Crippen LogP) is 6.23. The highest BCUT2D eigenvalue weighted by atomic mass is 79.9. The van der Waals surface area contributed by atoms with Crippen molar-refractivity contribution < 1.29 is 19.4 Å². The number of amides is 1. The van der Waals surface area contributed by atoms with Crippen molar-refractivity contribution in [3.63, 3.8) is 0 Å². The summed E-state index contributed by atoms with van der Waals surface area (Å²) in [6.45, 7) is 2.00. The van der Waals surface area contributed by atoms with Gasteiger partial charge in [0.15, 0.2) is 0 Å². The number of carbonyl (C=O) groups excluding carboxylic acids is 1. The van der Waals surface area contributed by atoms with Gasteiger partial charge in [-0.15, -0.1) is 0 Å². The van der Waals surface area contributed by atoms with Crippen LogP contribution in [0.15, 0.2) is 70.7 Å². The van der Waals surface area contributed by atoms with Crippen LogP contribution in [0.1, 0.15) is 27.0 Å². The van der Waals surface area contributed by atoms with E-state index in [9.17, 15) is 14.9 Å². The summed E-state index contributed by atoms with van der Waals surface area (Å²) in [4.78, 5) is 23.7. The van der Waals surface area contributed by atoms with Gasteiger partial charge in [0.2, 0.25) is 0 Å². The van der Waals surface area contributed by atoms with Gasteiger partial charge in [-0.05, 0) is 66.6 Å². The Balaban J connectivity index is 1.82. The van der Waals surface area contributed by atoms with Crippen molar-refractivity contribution in [2.24, 2.45) is 0 Å². The van der Waals surface area contributed by atoms with Crippen molar-refractivity contribution in [1.82, 2.24) is 0 Å². The molecule has 0 spiro atoms. The molecule has 0 heterocycles. The van der Waals surface area contributed by atoms with E-state index in [1.807, 2.05) is 13.0 Å². The van der Waals surface area contributed by atoms with Crippen LogP contribution in [0.4, 0.5) is 5.69 Å². The van der Waals surface area contributed by atoms with E-state index >= 15 is 0 Å². The first-order chi connectivity index (χ1) is 15.8. The highest BCUT2D eigenvalue weighted by Gasteiger charge is 2.13. The summed E-state index contributed by atoms with van der Waals surface area (Å²) in [5.74, 6) is -1.11. The van der Waals surface area contributed by atoms with E-state index in [0.29, 0.717) is 22.0 Å². The third kappa shape index (κ3) is 6.45. The van der Waals surface area contributed by atoms with Crippen molar-refractivity contribution >= 4 is 51.2 Å². The second-order valence-electron chi connectivity index (χ2n) is 7.06. The monoisotopic (exact) mass is 524 g/mol. The van der Waals surface area contributed by atoms with Gasteiger partial charge in [-0.3, -0.25) is 4.79 Å². The van der Waals surface area contributed by atoms with Gasteiger partial charge >= 0.3 is 5.97 Å². The number of carboxylic acids is 1. The zero-order valence-electron chi connectivity index (χ0n) is 17.4. The molecule has 0 aliphatic heterocycles. The highest BCUT2D eigenvalue weighted by molar-refractivity contribution is 9.10. The maximum absolute atomic E-state index is 12.7. The SMILES string of the molecule is Cc1ccc(Cl)cc1NC(=O)/C(C#N)=C/c1cc(Br)ccc1OCc1ccc(C(=O)O)cc1. The van der Waals surface area contributed by atoms with E-state index < -0.39 is 11.9 Å². The number of nitrogens with zero attached hydrogens (tertiary/aromatic N) is 1. The Morgan fingerprint density at radius 3 is 2.55 bits per heavy atom. The first-order valence-corrected chi connectivity index (χ1v) is 10.9. The molecule has 33 heavy (non-hydrogen) atoms. The maximum atomic E-state index is 12.7. The number of rotatable bonds is 7. The largest absolute Gasteiger partial charge is 0.488 e. The third-order valence-electron chi connectivity index (χ3n) is 4.68. The number of halogens is 2. The molecule has 0 unspecified atom stereocenters. The molecule has 3 aromatic carbocycles. The number of nitrogens with one attached hydrogen (secondary N) is 1. The molecule has 0 bridgehead atoms. The molecule has 166 valence electrons. The Hall–Kier alpha value is -3.60. The second-order valence-corrected chi connectivity index (χ2v) is 8.41. The fourth-order valence-corrected chi connectivity index (χ4v) is 3.44. The number of carboxylic acid groups (broad SMARTS) is 1. The van der Waals surface area contributed by atoms with Crippen LogP contribution < -0.4 is 10.1 Å². The van der Waals surface area contributed by atoms with Gasteiger partial charge in [-0.1, -0.05) is 45.7 Å². The van der Waals surface area contributed by atoms with Crippen LogP contribution in [0.2, 0.25) is 5.02 Å². The van der Waals surface area contributed by atoms with Crippen molar-refractivity contribution in [1.29, 1.82) is 5.26 Å². The summed E-state index contributed by atoms with van der Waals surface area (Å²) in [6, 6.07) is 18.6. The first kappa shape index (κ1) is 24.1. The number of ether oxygens (including phenoxy) is 1. The van der Waals surface area contributed by atoms with E-state index in [1.54, 1.807) is 48.5 Å². The number of carbonyl (C=O) groups is 2. The summed E-state index contributed by atoms with van der Waals surface area (Å²) in [6.07, 6.45) is 1.45. The number of aromatic carboxylic acids is 1. The minimum absolute atomic E-state index is 0.108. The molecule has 3 aromatic rings. The number of hydrogen-bond acceptors (Lipinski definition) is 4. The molecule has 0 aliphatic carbocycles. The van der Waals surface area contributed by atoms with Gasteiger partial charge in [-0.2, -0.15) is 5.26 Å². The van der Waals surface area contributed by atoms with Crippen LogP contribution in [0.3, 0.4) is 0 Å². The topological polar surface area (TPSA) is 99.4 Å². The van der Waals surface area contributed by atoms with Crippen molar-refractivity contribution in [3.05, 3.63) is 98.0 Å². The molecule has 0 aliphatic rings. The molecule has 1 amide bonds. The van der Waals surface area contributed by atoms with Crippen molar-refractivity contribution in [3.8, 4) is 11.8 Å². The zero-order chi connectivity index (χ0) is 24.0. The third-order valence-corrected chi connectivity index (χ3v) is 5.41. The van der Waals surface area contributed by atoms with Gasteiger partial charge in [-0.25, -0.2) is 4.79 Å². The summed E-state index contributed by atoms with van der Waals surface area (Å²) in [7, 11) is 0. The average molecular weight is 526 g/mol. The number of anilines is 1. The van der Waals surface area contributed by atoms with E-state index in [1.165, 1.54) is 18.2 Å². The highest BCUT2D eigenvalue weighted by Crippen LogP contribution is 2.27. The fourth-order valence-electron chi connectivity index (χ4n) is 2.89. The fraction of sp³-hybridized carbons (Fsp3) is 0.0800. The smallest absolute Gasteiger partial charge is 0.335 e. The number of hydrogen-bond donors (Lipinski definition) is 2. The van der Waals surface area contributed by atoms with Crippen LogP contribution in [0.25, 0.3) is 6.08 Å². The van der Waals surface area contributed by atoms with Crippen LogP contribution in [0.5, 0.6) is 5.75 Å². The minimum Gasteiger partial charge on any atom is -0.488 e. The molecular weight excluding hydrogens is 508 g/mol. The lowest BCUT2D eigenvalue weighted by Gasteiger charge is -2.11. The normalized spacial score (nSPS) is 10.9. The Kier molecular flexibility index (Phi) is 7.88. The lowest BCUT2D eigenvalue weighted by molar-refractivity contribution is -0.112. The number of aryl methyl sites for hydroxylation is 1. The Morgan fingerprint density at radius 2 is 1.88 bits per heavy atom. The molecule has 6 nitrogen and oxygen atoms in total. The van der Waals surface area contributed by atoms with Gasteiger partial charge in [0.1, 0.15) is 24.0 Å². The molecule has 0 fully saturated rings. The van der Waals surface area contributed by atoms with Crippen LogP contribution in [0, 0.1) is 18.3 Å². The van der Waals surface area contributed by atoms with E-state index in [2.05, 4.69) is 21.2 Å². The molecule has 8 heteroatoms. The maximum Gasteiger partial charge on any atom is 0.335 e. The van der Waals surface area contributed by atoms with Crippen molar-refractivity contribution in [2.75, 3.05) is 5.32 Å². The summed E-state index contributed by atoms with van der Waals surface area (Å²) < 4.78 is 6.63. The molecule has 0 saturated carbocycles. The van der Waals surface area contributed by atoms with E-state index in [0.717, 1.165) is 15.6 Å². The average Bonchev–Trinajstić information content (AvgIpc) is 2.79. The lowest BCUT2D eigenvalue weighted by atomic mass is 10.1. The number of benzene rings is 3. The van der Waals surface area contributed by atoms with Crippen LogP contribution in [-0.2, 0) is 11.4 Å². The molecule has 0 aromatic heterocycles. The van der Waals surface area contributed by atoms with Gasteiger partial charge < -0.3 is 15.2 Å². The standard InChI is InChI=1S/C25H18BrClN2O4/c1-15-2-8-21(27)12-22(15)29-24(30)19(13-28)10-18-11-20(26)7-9-23(18)33-14-16-3-5-17(6-4-16)25(31)32/h2-12H,14H2,1H3,(H,29,30)(H,31,32)/b19-10+. The number of nitriles is 1. The van der Waals surface area contributed by atoms with Crippen molar-refractivity contribution in [2.45, 2.75) is 13.5 Å². The summed E-state index contributed by atoms with van der Waals surface area (Å²) >= 11 is 9.40. The van der Waals surface area contributed by atoms with Crippen LogP contribution in [-0.4, -0.2) is 17.0 Å². The molecule has 2 N–H and O–H groups in total. The van der Waals surface area contributed by atoms with Gasteiger partial charge in [0.25, 0.3) is 5.91 Å². The lowest BCUT2D eigenvalue weighted by Crippen LogP contribution is -2.14. The quantitative estimate of drug-likeness (QED) is 0.281. The van der Waals surface area contributed by atoms with E-state index in [4.69, 9.17) is 21.4 Å². The molecule has 0 radical (unpaired) electrons. The molecule has 0 atom stereocenters. The van der Waals surface area contributed by atoms with Gasteiger partial charge in [0.05, 0.1) is 5.56 Å². The Labute approximate surface area is 204 Å². The van der Waals surface area contributed by atoms with Crippen LogP contribution >= 0.6 is 27.5 Å². The second kappa shape index (κ2) is 10.8. The Bertz CT molecular complexity index is 1280. The van der Waals surface area contributed by atoms with Gasteiger partial charge in [0, 0.05) is 20.7 Å². The summed E-state index contributed by atoms with van der Waals surface area (Å²) in [5, 5.41) is 21.8. The van der Waals surface area contributed by atoms with E-state index in [-0.39, 0.29) is 17.7 Å². The Morgan fingerprint density at radius 1 is 1.15 bits per heavy atom. The molecular formula is C25H18BrClN2O4. The molecule has 0 saturated heterocycles. The predicted molar refractivity (Wildman–Crippen MR) is 130 cm³/mol. The summed E-state index contributed by atoms with van der Waals surface area (Å²) in [5.41, 5.74) is 2.71.